The maximum absolute atomic E-state index is 12.6. The number of carbonyl (C=O) groups excluding carboxylic acids is 1. The lowest BCUT2D eigenvalue weighted by atomic mass is 10.1. The number of hydrogen-bond donors (Lipinski definition) is 0. The molecule has 1 unspecified atom stereocenters. The first-order valence-electron chi connectivity index (χ1n) is 7.17. The van der Waals surface area contributed by atoms with Crippen LogP contribution < -0.4 is 9.47 Å². The lowest BCUT2D eigenvalue weighted by Gasteiger charge is -2.14. The van der Waals surface area contributed by atoms with Crippen LogP contribution in [-0.2, 0) is 0 Å². The molecule has 0 radical (unpaired) electrons. The maximum atomic E-state index is 12.6. The number of rotatable bonds is 7. The second-order valence-corrected chi connectivity index (χ2v) is 6.06. The molecule has 0 bridgehead atoms. The SMILES string of the molecule is CCC(Sc1ccc(OC)cc1)C(=O)c1ccc(OC)cc1. The van der Waals surface area contributed by atoms with Crippen molar-refractivity contribution in [2.24, 2.45) is 0 Å². The van der Waals surface area contributed by atoms with Crippen molar-refractivity contribution in [3.05, 3.63) is 54.1 Å². The van der Waals surface area contributed by atoms with E-state index < -0.39 is 0 Å². The highest BCUT2D eigenvalue weighted by atomic mass is 32.2. The molecule has 0 amide bonds. The second-order valence-electron chi connectivity index (χ2n) is 4.78. The molecule has 0 aliphatic carbocycles. The van der Waals surface area contributed by atoms with E-state index in [1.807, 2.05) is 55.5 Å². The minimum Gasteiger partial charge on any atom is -0.497 e. The molecule has 0 saturated carbocycles. The van der Waals surface area contributed by atoms with E-state index in [1.54, 1.807) is 26.0 Å². The molecule has 0 saturated heterocycles. The highest BCUT2D eigenvalue weighted by molar-refractivity contribution is 8.00. The van der Waals surface area contributed by atoms with Gasteiger partial charge in [-0.25, -0.2) is 0 Å². The van der Waals surface area contributed by atoms with Gasteiger partial charge in [0.15, 0.2) is 5.78 Å². The summed E-state index contributed by atoms with van der Waals surface area (Å²) in [5, 5.41) is -0.0956. The predicted molar refractivity (Wildman–Crippen MR) is 90.3 cm³/mol. The summed E-state index contributed by atoms with van der Waals surface area (Å²) in [5.74, 6) is 1.72. The molecule has 4 heteroatoms. The fourth-order valence-corrected chi connectivity index (χ4v) is 3.11. The highest BCUT2D eigenvalue weighted by Crippen LogP contribution is 2.29. The molecule has 0 spiro atoms. The molecule has 2 rings (SSSR count). The Balaban J connectivity index is 2.10. The normalized spacial score (nSPS) is 11.8. The van der Waals surface area contributed by atoms with E-state index in [2.05, 4.69) is 0 Å². The van der Waals surface area contributed by atoms with Gasteiger partial charge in [0.05, 0.1) is 19.5 Å². The molecule has 0 aromatic heterocycles. The predicted octanol–water partition coefficient (Wildman–Crippen LogP) is 4.46. The van der Waals surface area contributed by atoms with Crippen molar-refractivity contribution in [2.75, 3.05) is 14.2 Å². The van der Waals surface area contributed by atoms with Crippen LogP contribution in [0.25, 0.3) is 0 Å². The molecule has 2 aromatic rings. The summed E-state index contributed by atoms with van der Waals surface area (Å²) in [5.41, 5.74) is 0.716. The molecule has 0 N–H and O–H groups in total. The minimum atomic E-state index is -0.0956. The van der Waals surface area contributed by atoms with Crippen molar-refractivity contribution in [3.8, 4) is 11.5 Å². The van der Waals surface area contributed by atoms with Crippen LogP contribution in [0, 0.1) is 0 Å². The van der Waals surface area contributed by atoms with Gasteiger partial charge in [0.2, 0.25) is 0 Å². The number of ketones is 1. The molecular weight excluding hydrogens is 296 g/mol. The molecule has 0 fully saturated rings. The van der Waals surface area contributed by atoms with Crippen molar-refractivity contribution in [1.82, 2.24) is 0 Å². The van der Waals surface area contributed by atoms with E-state index >= 15 is 0 Å². The zero-order valence-corrected chi connectivity index (χ0v) is 13.9. The first kappa shape index (κ1) is 16.4. The third-order valence-electron chi connectivity index (χ3n) is 3.38. The fourth-order valence-electron chi connectivity index (χ4n) is 2.08. The van der Waals surface area contributed by atoms with Crippen LogP contribution in [0.15, 0.2) is 53.4 Å². The van der Waals surface area contributed by atoms with Gasteiger partial charge in [-0.15, -0.1) is 11.8 Å². The molecule has 0 heterocycles. The van der Waals surface area contributed by atoms with Crippen molar-refractivity contribution in [2.45, 2.75) is 23.5 Å². The standard InChI is InChI=1S/C18H20O3S/c1-4-17(22-16-11-9-15(21-3)10-12-16)18(19)13-5-7-14(20-2)8-6-13/h5-12,17H,4H2,1-3H3. The topological polar surface area (TPSA) is 35.5 Å². The van der Waals surface area contributed by atoms with E-state index in [0.717, 1.165) is 22.8 Å². The summed E-state index contributed by atoms with van der Waals surface area (Å²) >= 11 is 1.58. The Labute approximate surface area is 135 Å². The van der Waals surface area contributed by atoms with Crippen molar-refractivity contribution in [3.63, 3.8) is 0 Å². The highest BCUT2D eigenvalue weighted by Gasteiger charge is 2.19. The number of Topliss-reactive ketones (excluding diaryl/α,β-unsaturated/α-hetero) is 1. The Morgan fingerprint density at radius 1 is 0.955 bits per heavy atom. The molecule has 3 nitrogen and oxygen atoms in total. The number of hydrogen-bond acceptors (Lipinski definition) is 4. The van der Waals surface area contributed by atoms with Crippen LogP contribution in [-0.4, -0.2) is 25.3 Å². The van der Waals surface area contributed by atoms with Gasteiger partial charge in [-0.3, -0.25) is 4.79 Å². The van der Waals surface area contributed by atoms with E-state index in [4.69, 9.17) is 9.47 Å². The molecule has 116 valence electrons. The van der Waals surface area contributed by atoms with Crippen molar-refractivity contribution in [1.29, 1.82) is 0 Å². The number of thioether (sulfide) groups is 1. The largest absolute Gasteiger partial charge is 0.497 e. The summed E-state index contributed by atoms with van der Waals surface area (Å²) in [6, 6.07) is 15.0. The van der Waals surface area contributed by atoms with Crippen LogP contribution in [0.4, 0.5) is 0 Å². The molecule has 2 aromatic carbocycles. The third-order valence-corrected chi connectivity index (χ3v) is 4.75. The van der Waals surface area contributed by atoms with Crippen LogP contribution in [0.2, 0.25) is 0 Å². The van der Waals surface area contributed by atoms with E-state index in [9.17, 15) is 4.79 Å². The van der Waals surface area contributed by atoms with E-state index in [-0.39, 0.29) is 11.0 Å². The van der Waals surface area contributed by atoms with Crippen LogP contribution >= 0.6 is 11.8 Å². The lowest BCUT2D eigenvalue weighted by molar-refractivity contribution is 0.0988. The minimum absolute atomic E-state index is 0.0956. The third kappa shape index (κ3) is 4.04. The zero-order valence-electron chi connectivity index (χ0n) is 13.0. The summed E-state index contributed by atoms with van der Waals surface area (Å²) in [6.07, 6.45) is 0.779. The smallest absolute Gasteiger partial charge is 0.176 e. The average molecular weight is 316 g/mol. The summed E-state index contributed by atoms with van der Waals surface area (Å²) in [6.45, 7) is 2.03. The quantitative estimate of drug-likeness (QED) is 0.558. The van der Waals surface area contributed by atoms with Crippen molar-refractivity contribution >= 4 is 17.5 Å². The van der Waals surface area contributed by atoms with E-state index in [0.29, 0.717) is 5.56 Å². The van der Waals surface area contributed by atoms with Gasteiger partial charge in [0.25, 0.3) is 0 Å². The van der Waals surface area contributed by atoms with Gasteiger partial charge in [-0.05, 0) is 55.0 Å². The van der Waals surface area contributed by atoms with E-state index in [1.165, 1.54) is 0 Å². The maximum Gasteiger partial charge on any atom is 0.176 e. The van der Waals surface area contributed by atoms with Gasteiger partial charge < -0.3 is 9.47 Å². The Morgan fingerprint density at radius 2 is 1.45 bits per heavy atom. The second kappa shape index (κ2) is 7.90. The van der Waals surface area contributed by atoms with Crippen LogP contribution in [0.1, 0.15) is 23.7 Å². The van der Waals surface area contributed by atoms with Crippen LogP contribution in [0.3, 0.4) is 0 Å². The number of carbonyl (C=O) groups is 1. The van der Waals surface area contributed by atoms with Crippen LogP contribution in [0.5, 0.6) is 11.5 Å². The van der Waals surface area contributed by atoms with Gasteiger partial charge in [-0.2, -0.15) is 0 Å². The van der Waals surface area contributed by atoms with Gasteiger partial charge in [-0.1, -0.05) is 6.92 Å². The molecule has 1 atom stereocenters. The lowest BCUT2D eigenvalue weighted by Crippen LogP contribution is -2.16. The molecule has 0 aliphatic heterocycles. The summed E-state index contributed by atoms with van der Waals surface area (Å²) in [4.78, 5) is 13.7. The van der Waals surface area contributed by atoms with Crippen molar-refractivity contribution < 1.29 is 14.3 Å². The fraction of sp³-hybridized carbons (Fsp3) is 0.278. The summed E-state index contributed by atoms with van der Waals surface area (Å²) in [7, 11) is 3.26. The zero-order chi connectivity index (χ0) is 15.9. The van der Waals surface area contributed by atoms with Gasteiger partial charge in [0, 0.05) is 10.5 Å². The Hall–Kier alpha value is -1.94. The first-order chi connectivity index (χ1) is 10.7. The number of ether oxygens (including phenoxy) is 2. The Kier molecular flexibility index (Phi) is 5.90. The van der Waals surface area contributed by atoms with Gasteiger partial charge >= 0.3 is 0 Å². The molecule has 22 heavy (non-hydrogen) atoms. The number of benzene rings is 2. The summed E-state index contributed by atoms with van der Waals surface area (Å²) < 4.78 is 10.3. The molecule has 0 aliphatic rings. The average Bonchev–Trinajstić information content (AvgIpc) is 2.59. The monoisotopic (exact) mass is 316 g/mol. The molecular formula is C18H20O3S. The van der Waals surface area contributed by atoms with Gasteiger partial charge in [0.1, 0.15) is 11.5 Å². The Bertz CT molecular complexity index is 605. The Morgan fingerprint density at radius 3 is 1.91 bits per heavy atom. The number of methoxy groups -OCH3 is 2. The first-order valence-corrected chi connectivity index (χ1v) is 8.05.